The van der Waals surface area contributed by atoms with Crippen LogP contribution in [-0.2, 0) is 0 Å². The van der Waals surface area contributed by atoms with Crippen LogP contribution < -0.4 is 0 Å². The number of piperidine rings is 1. The van der Waals surface area contributed by atoms with Gasteiger partial charge in [0.1, 0.15) is 0 Å². The molecule has 2 atom stereocenters. The Kier molecular flexibility index (Phi) is 2.21. The monoisotopic (exact) mass is 195 g/mol. The largest absolute Gasteiger partial charge is 0.320 e. The third-order valence-electron chi connectivity index (χ3n) is 3.41. The Morgan fingerprint density at radius 1 is 1.57 bits per heavy atom. The average molecular weight is 195 g/mol. The van der Waals surface area contributed by atoms with E-state index in [1.54, 1.807) is 0 Å². The highest BCUT2D eigenvalue weighted by Crippen LogP contribution is 2.28. The summed E-state index contributed by atoms with van der Waals surface area (Å²) < 4.78 is 0. The normalized spacial score (nSPS) is 34.5. The van der Waals surface area contributed by atoms with Crippen molar-refractivity contribution < 1.29 is 4.79 Å². The molecule has 2 amide bonds. The van der Waals surface area contributed by atoms with Gasteiger partial charge in [0, 0.05) is 38.8 Å². The van der Waals surface area contributed by atoms with E-state index in [2.05, 4.69) is 11.9 Å². The lowest BCUT2D eigenvalue weighted by Gasteiger charge is -2.30. The van der Waals surface area contributed by atoms with Crippen LogP contribution in [0.5, 0.6) is 0 Å². The standard InChI is InChI=1S/C10H17N3O/c1-4-7-5-8(11-2)9-6-13(7)10(14)12(9)3/h7,9H,4-6H2,1-3H3. The summed E-state index contributed by atoms with van der Waals surface area (Å²) in [6, 6.07) is 0.762. The summed E-state index contributed by atoms with van der Waals surface area (Å²) in [5.41, 5.74) is 1.18. The molecule has 0 aliphatic carbocycles. The van der Waals surface area contributed by atoms with E-state index in [0.717, 1.165) is 19.4 Å². The van der Waals surface area contributed by atoms with E-state index >= 15 is 0 Å². The maximum Gasteiger partial charge on any atom is 0.320 e. The van der Waals surface area contributed by atoms with Crippen molar-refractivity contribution in [1.82, 2.24) is 9.80 Å². The zero-order chi connectivity index (χ0) is 10.3. The molecule has 2 aliphatic heterocycles. The van der Waals surface area contributed by atoms with Crippen molar-refractivity contribution >= 4 is 11.7 Å². The van der Waals surface area contributed by atoms with Gasteiger partial charge in [-0.1, -0.05) is 6.92 Å². The lowest BCUT2D eigenvalue weighted by molar-refractivity contribution is 0.183. The number of carbonyl (C=O) groups is 1. The summed E-state index contributed by atoms with van der Waals surface area (Å²) in [6.07, 6.45) is 1.97. The first kappa shape index (κ1) is 9.49. The molecule has 4 heteroatoms. The van der Waals surface area contributed by atoms with Crippen LogP contribution in [0, 0.1) is 0 Å². The van der Waals surface area contributed by atoms with Crippen LogP contribution in [0.4, 0.5) is 4.79 Å². The fourth-order valence-corrected chi connectivity index (χ4v) is 2.45. The molecule has 2 saturated heterocycles. The summed E-state index contributed by atoms with van der Waals surface area (Å²) in [5, 5.41) is 0. The molecule has 2 rings (SSSR count). The molecule has 14 heavy (non-hydrogen) atoms. The summed E-state index contributed by atoms with van der Waals surface area (Å²) in [4.78, 5) is 19.9. The first-order valence-corrected chi connectivity index (χ1v) is 5.18. The molecule has 4 nitrogen and oxygen atoms in total. The molecule has 0 aromatic rings. The van der Waals surface area contributed by atoms with Gasteiger partial charge < -0.3 is 9.80 Å². The van der Waals surface area contributed by atoms with Gasteiger partial charge in [0.25, 0.3) is 0 Å². The van der Waals surface area contributed by atoms with E-state index < -0.39 is 0 Å². The van der Waals surface area contributed by atoms with E-state index in [0.29, 0.717) is 6.04 Å². The van der Waals surface area contributed by atoms with Crippen molar-refractivity contribution in [1.29, 1.82) is 0 Å². The Bertz CT molecular complexity index is 287. The molecule has 2 fully saturated rings. The predicted molar refractivity (Wildman–Crippen MR) is 55.7 cm³/mol. The van der Waals surface area contributed by atoms with Crippen molar-refractivity contribution in [2.75, 3.05) is 20.6 Å². The first-order chi connectivity index (χ1) is 6.69. The molecular weight excluding hydrogens is 178 g/mol. The van der Waals surface area contributed by atoms with E-state index in [9.17, 15) is 4.79 Å². The Morgan fingerprint density at radius 2 is 2.29 bits per heavy atom. The third kappa shape index (κ3) is 1.13. The lowest BCUT2D eigenvalue weighted by Crippen LogP contribution is -2.44. The third-order valence-corrected chi connectivity index (χ3v) is 3.41. The predicted octanol–water partition coefficient (Wildman–Crippen LogP) is 0.976. The van der Waals surface area contributed by atoms with E-state index in [4.69, 9.17) is 0 Å². The number of urea groups is 1. The molecule has 2 aliphatic rings. The van der Waals surface area contributed by atoms with Crippen molar-refractivity contribution in [2.24, 2.45) is 4.99 Å². The zero-order valence-electron chi connectivity index (χ0n) is 9.03. The molecule has 78 valence electrons. The van der Waals surface area contributed by atoms with E-state index in [1.807, 2.05) is 23.9 Å². The van der Waals surface area contributed by atoms with E-state index in [1.165, 1.54) is 5.71 Å². The smallest absolute Gasteiger partial charge is 0.319 e. The molecule has 0 spiro atoms. The highest BCUT2D eigenvalue weighted by Gasteiger charge is 2.45. The number of hydrogen-bond donors (Lipinski definition) is 0. The maximum atomic E-state index is 11.8. The Hall–Kier alpha value is -1.06. The molecular formula is C10H17N3O. The molecule has 2 unspecified atom stereocenters. The summed E-state index contributed by atoms with van der Waals surface area (Å²) in [6.45, 7) is 2.96. The Labute approximate surface area is 84.6 Å². The number of carbonyl (C=O) groups excluding carboxylic acids is 1. The van der Waals surface area contributed by atoms with Crippen LogP contribution >= 0.6 is 0 Å². The number of aliphatic imine (C=N–C) groups is 1. The number of likely N-dealkylation sites (N-methyl/N-ethyl adjacent to an activating group) is 1. The number of amides is 2. The van der Waals surface area contributed by atoms with Crippen molar-refractivity contribution in [2.45, 2.75) is 31.8 Å². The van der Waals surface area contributed by atoms with Gasteiger partial charge in [-0.2, -0.15) is 0 Å². The minimum Gasteiger partial charge on any atom is -0.319 e. The molecule has 0 aromatic carbocycles. The first-order valence-electron chi connectivity index (χ1n) is 5.18. The van der Waals surface area contributed by atoms with E-state index in [-0.39, 0.29) is 12.1 Å². The fourth-order valence-electron chi connectivity index (χ4n) is 2.45. The van der Waals surface area contributed by atoms with Gasteiger partial charge in [0.2, 0.25) is 0 Å². The van der Waals surface area contributed by atoms with Gasteiger partial charge in [0.15, 0.2) is 0 Å². The molecule has 2 heterocycles. The lowest BCUT2D eigenvalue weighted by atomic mass is 9.96. The topological polar surface area (TPSA) is 35.9 Å². The van der Waals surface area contributed by atoms with Crippen LogP contribution in [0.2, 0.25) is 0 Å². The molecule has 2 bridgehead atoms. The summed E-state index contributed by atoms with van der Waals surface area (Å²) >= 11 is 0. The van der Waals surface area contributed by atoms with Crippen molar-refractivity contribution in [3.63, 3.8) is 0 Å². The maximum absolute atomic E-state index is 11.8. The van der Waals surface area contributed by atoms with Gasteiger partial charge in [-0.25, -0.2) is 4.79 Å². The van der Waals surface area contributed by atoms with Gasteiger partial charge in [-0.05, 0) is 6.42 Å². The van der Waals surface area contributed by atoms with Gasteiger partial charge >= 0.3 is 6.03 Å². The molecule has 0 N–H and O–H groups in total. The number of rotatable bonds is 1. The van der Waals surface area contributed by atoms with Crippen LogP contribution in [0.15, 0.2) is 4.99 Å². The van der Waals surface area contributed by atoms with Gasteiger partial charge in [-0.15, -0.1) is 0 Å². The number of fused-ring (bicyclic) bond motifs is 2. The molecule has 0 radical (unpaired) electrons. The number of hydrogen-bond acceptors (Lipinski definition) is 2. The quantitative estimate of drug-likeness (QED) is 0.614. The van der Waals surface area contributed by atoms with Gasteiger partial charge in [-0.3, -0.25) is 4.99 Å². The average Bonchev–Trinajstić information content (AvgIpc) is 2.46. The minimum atomic E-state index is 0.167. The number of nitrogens with zero attached hydrogens (tertiary/aromatic N) is 3. The van der Waals surface area contributed by atoms with Gasteiger partial charge in [0.05, 0.1) is 6.04 Å². The second-order valence-electron chi connectivity index (χ2n) is 4.04. The van der Waals surface area contributed by atoms with Crippen LogP contribution in [-0.4, -0.2) is 54.3 Å². The second kappa shape index (κ2) is 3.26. The second-order valence-corrected chi connectivity index (χ2v) is 4.04. The van der Waals surface area contributed by atoms with Crippen molar-refractivity contribution in [3.05, 3.63) is 0 Å². The van der Waals surface area contributed by atoms with Crippen LogP contribution in [0.25, 0.3) is 0 Å². The summed E-state index contributed by atoms with van der Waals surface area (Å²) in [7, 11) is 3.70. The zero-order valence-corrected chi connectivity index (χ0v) is 9.03. The van der Waals surface area contributed by atoms with Crippen molar-refractivity contribution in [3.8, 4) is 0 Å². The Balaban J connectivity index is 2.30. The highest BCUT2D eigenvalue weighted by molar-refractivity contribution is 5.98. The van der Waals surface area contributed by atoms with Crippen LogP contribution in [0.1, 0.15) is 19.8 Å². The van der Waals surface area contributed by atoms with Crippen LogP contribution in [0.3, 0.4) is 0 Å². The fraction of sp³-hybridized carbons (Fsp3) is 0.800. The summed E-state index contributed by atoms with van der Waals surface area (Å²) in [5.74, 6) is 0. The minimum absolute atomic E-state index is 0.167. The Morgan fingerprint density at radius 3 is 2.86 bits per heavy atom. The SMILES string of the molecule is CCC1CC(=NC)C2CN1C(=O)N2C. The molecule has 0 saturated carbocycles. The highest BCUT2D eigenvalue weighted by atomic mass is 16.2. The molecule has 0 aromatic heterocycles.